The van der Waals surface area contributed by atoms with Gasteiger partial charge in [0.1, 0.15) is 0 Å². The Balaban J connectivity index is 2.57. The minimum Gasteiger partial charge on any atom is -0.354 e. The topological polar surface area (TPSA) is 75.4 Å². The van der Waals surface area contributed by atoms with Crippen molar-refractivity contribution in [3.05, 3.63) is 0 Å². The summed E-state index contributed by atoms with van der Waals surface area (Å²) in [6.45, 7) is 7.43. The second-order valence-corrected chi connectivity index (χ2v) is 7.03. The maximum atomic E-state index is 12.7. The predicted molar refractivity (Wildman–Crippen MR) is 84.6 cm³/mol. The van der Waals surface area contributed by atoms with Crippen LogP contribution < -0.4 is 11.1 Å². The highest BCUT2D eigenvalue weighted by molar-refractivity contribution is 5.88. The largest absolute Gasteiger partial charge is 0.354 e. The van der Waals surface area contributed by atoms with Gasteiger partial charge in [0.05, 0.1) is 12.0 Å². The lowest BCUT2D eigenvalue weighted by molar-refractivity contribution is -0.145. The van der Waals surface area contributed by atoms with E-state index in [1.54, 1.807) is 11.9 Å². The van der Waals surface area contributed by atoms with Crippen LogP contribution >= 0.6 is 0 Å². The van der Waals surface area contributed by atoms with E-state index in [1.165, 1.54) is 0 Å². The molecule has 1 rings (SSSR count). The van der Waals surface area contributed by atoms with E-state index in [1.807, 2.05) is 13.8 Å². The van der Waals surface area contributed by atoms with E-state index in [4.69, 9.17) is 5.73 Å². The molecule has 0 spiro atoms. The Morgan fingerprint density at radius 2 is 1.90 bits per heavy atom. The maximum absolute atomic E-state index is 12.7. The van der Waals surface area contributed by atoms with Crippen molar-refractivity contribution in [2.24, 2.45) is 23.0 Å². The van der Waals surface area contributed by atoms with Gasteiger partial charge < -0.3 is 16.0 Å². The van der Waals surface area contributed by atoms with Gasteiger partial charge in [-0.15, -0.1) is 0 Å². The van der Waals surface area contributed by atoms with Crippen LogP contribution in [0.4, 0.5) is 0 Å². The van der Waals surface area contributed by atoms with Crippen LogP contribution in [0.5, 0.6) is 0 Å². The second kappa shape index (κ2) is 7.78. The Hall–Kier alpha value is -1.10. The number of likely N-dealkylation sites (N-methyl/N-ethyl adjacent to an activating group) is 1. The number of carbonyl (C=O) groups excluding carboxylic acids is 2. The Labute approximate surface area is 128 Å². The molecule has 0 radical (unpaired) electrons. The molecule has 3 N–H and O–H groups in total. The number of nitrogens with zero attached hydrogens (tertiary/aromatic N) is 1. The fourth-order valence-corrected chi connectivity index (χ4v) is 2.89. The van der Waals surface area contributed by atoms with Crippen LogP contribution in [0.25, 0.3) is 0 Å². The smallest absolute Gasteiger partial charge is 0.239 e. The summed E-state index contributed by atoms with van der Waals surface area (Å²) in [6.07, 6.45) is 3.75. The van der Waals surface area contributed by atoms with E-state index < -0.39 is 5.41 Å². The molecule has 0 unspecified atom stereocenters. The molecule has 0 bridgehead atoms. The van der Waals surface area contributed by atoms with Gasteiger partial charge in [-0.1, -0.05) is 20.8 Å². The first kappa shape index (κ1) is 18.0. The number of nitrogens with one attached hydrogen (secondary N) is 1. The van der Waals surface area contributed by atoms with Crippen LogP contribution in [0.3, 0.4) is 0 Å². The van der Waals surface area contributed by atoms with E-state index in [0.29, 0.717) is 24.9 Å². The number of nitrogens with two attached hydrogens (primary N) is 1. The number of hydrogen-bond donors (Lipinski definition) is 2. The molecule has 21 heavy (non-hydrogen) atoms. The van der Waals surface area contributed by atoms with Crippen LogP contribution in [-0.4, -0.2) is 43.4 Å². The minimum absolute atomic E-state index is 0.0246. The van der Waals surface area contributed by atoms with Gasteiger partial charge in [-0.25, -0.2) is 0 Å². The monoisotopic (exact) mass is 297 g/mol. The zero-order chi connectivity index (χ0) is 16.0. The van der Waals surface area contributed by atoms with Gasteiger partial charge >= 0.3 is 0 Å². The highest BCUT2D eigenvalue weighted by Gasteiger charge is 2.41. The zero-order valence-corrected chi connectivity index (χ0v) is 13.9. The number of carbonyl (C=O) groups is 2. The lowest BCUT2D eigenvalue weighted by Crippen LogP contribution is -2.50. The number of rotatable bonds is 6. The summed E-state index contributed by atoms with van der Waals surface area (Å²) in [4.78, 5) is 26.1. The lowest BCUT2D eigenvalue weighted by atomic mass is 9.70. The first-order chi connectivity index (χ1) is 9.80. The van der Waals surface area contributed by atoms with Crippen molar-refractivity contribution < 1.29 is 9.59 Å². The number of hydrogen-bond acceptors (Lipinski definition) is 3. The van der Waals surface area contributed by atoms with Crippen molar-refractivity contribution >= 4 is 11.8 Å². The molecular formula is C16H31N3O2. The molecule has 0 heterocycles. The van der Waals surface area contributed by atoms with Crippen molar-refractivity contribution in [1.29, 1.82) is 0 Å². The van der Waals surface area contributed by atoms with Crippen molar-refractivity contribution in [2.45, 2.75) is 46.5 Å². The van der Waals surface area contributed by atoms with E-state index in [0.717, 1.165) is 25.7 Å². The summed E-state index contributed by atoms with van der Waals surface area (Å²) >= 11 is 0. The normalized spacial score (nSPS) is 25.7. The van der Waals surface area contributed by atoms with Gasteiger partial charge in [0.2, 0.25) is 11.8 Å². The predicted octanol–water partition coefficient (Wildman–Crippen LogP) is 1.37. The molecule has 1 fully saturated rings. The average molecular weight is 297 g/mol. The fourth-order valence-electron chi connectivity index (χ4n) is 2.89. The molecule has 0 saturated heterocycles. The standard InChI is InChI=1S/C16H31N3O2/c1-12(2)9-18-14(20)10-19(4)15(21)16(11-17)7-5-13(3)6-8-16/h12-13H,5-11,17H2,1-4H3,(H,18,20). The molecule has 1 aliphatic rings. The number of amides is 2. The quantitative estimate of drug-likeness (QED) is 0.777. The third-order valence-electron chi connectivity index (χ3n) is 4.51. The molecule has 1 aliphatic carbocycles. The zero-order valence-electron chi connectivity index (χ0n) is 13.9. The molecule has 0 aromatic heterocycles. The van der Waals surface area contributed by atoms with Gasteiger partial charge in [-0.2, -0.15) is 0 Å². The summed E-state index contributed by atoms with van der Waals surface area (Å²) in [5.74, 6) is 0.995. The highest BCUT2D eigenvalue weighted by atomic mass is 16.2. The van der Waals surface area contributed by atoms with Gasteiger partial charge in [0.25, 0.3) is 0 Å². The average Bonchev–Trinajstić information content (AvgIpc) is 2.45. The van der Waals surface area contributed by atoms with Gasteiger partial charge in [-0.3, -0.25) is 9.59 Å². The molecule has 2 amide bonds. The molecule has 0 aromatic carbocycles. The van der Waals surface area contributed by atoms with Crippen molar-refractivity contribution in [2.75, 3.05) is 26.7 Å². The van der Waals surface area contributed by atoms with Crippen LogP contribution in [0.15, 0.2) is 0 Å². The van der Waals surface area contributed by atoms with Crippen molar-refractivity contribution in [1.82, 2.24) is 10.2 Å². The maximum Gasteiger partial charge on any atom is 0.239 e. The Kier molecular flexibility index (Phi) is 6.65. The first-order valence-corrected chi connectivity index (χ1v) is 8.03. The molecule has 0 aliphatic heterocycles. The molecule has 5 heteroatoms. The molecule has 0 atom stereocenters. The lowest BCUT2D eigenvalue weighted by Gasteiger charge is -2.39. The summed E-state index contributed by atoms with van der Waals surface area (Å²) < 4.78 is 0. The van der Waals surface area contributed by atoms with E-state index >= 15 is 0 Å². The molecule has 0 aromatic rings. The summed E-state index contributed by atoms with van der Waals surface area (Å²) in [5, 5.41) is 2.84. The van der Waals surface area contributed by atoms with Crippen molar-refractivity contribution in [3.8, 4) is 0 Å². The summed E-state index contributed by atoms with van der Waals surface area (Å²) in [7, 11) is 1.70. The summed E-state index contributed by atoms with van der Waals surface area (Å²) in [5.41, 5.74) is 5.44. The van der Waals surface area contributed by atoms with Crippen LogP contribution in [-0.2, 0) is 9.59 Å². The second-order valence-electron chi connectivity index (χ2n) is 7.03. The van der Waals surface area contributed by atoms with Gasteiger partial charge in [0, 0.05) is 20.1 Å². The minimum atomic E-state index is -0.459. The fraction of sp³-hybridized carbons (Fsp3) is 0.875. The van der Waals surface area contributed by atoms with E-state index in [9.17, 15) is 9.59 Å². The third kappa shape index (κ3) is 4.99. The van der Waals surface area contributed by atoms with Gasteiger partial charge in [-0.05, 0) is 37.5 Å². The van der Waals surface area contributed by atoms with E-state index in [2.05, 4.69) is 12.2 Å². The van der Waals surface area contributed by atoms with Crippen LogP contribution in [0.2, 0.25) is 0 Å². The van der Waals surface area contributed by atoms with Crippen molar-refractivity contribution in [3.63, 3.8) is 0 Å². The van der Waals surface area contributed by atoms with Gasteiger partial charge in [0.15, 0.2) is 0 Å². The van der Waals surface area contributed by atoms with Crippen LogP contribution in [0.1, 0.15) is 46.5 Å². The Morgan fingerprint density at radius 3 is 2.38 bits per heavy atom. The third-order valence-corrected chi connectivity index (χ3v) is 4.51. The Morgan fingerprint density at radius 1 is 1.33 bits per heavy atom. The Bertz CT molecular complexity index is 361. The van der Waals surface area contributed by atoms with E-state index in [-0.39, 0.29) is 18.4 Å². The molecular weight excluding hydrogens is 266 g/mol. The van der Waals surface area contributed by atoms with Crippen LogP contribution in [0, 0.1) is 17.3 Å². The first-order valence-electron chi connectivity index (χ1n) is 8.03. The SMILES string of the molecule is CC(C)CNC(=O)CN(C)C(=O)C1(CN)CCC(C)CC1. The summed E-state index contributed by atoms with van der Waals surface area (Å²) in [6, 6.07) is 0. The molecule has 122 valence electrons. The highest BCUT2D eigenvalue weighted by Crippen LogP contribution is 2.39. The molecule has 1 saturated carbocycles. The molecule has 5 nitrogen and oxygen atoms in total.